The number of nitrogens with zero attached hydrogens (tertiary/aromatic N) is 1. The molecule has 0 amide bonds. The van der Waals surface area contributed by atoms with E-state index in [1.807, 2.05) is 0 Å². The zero-order chi connectivity index (χ0) is 18.3. The molecule has 0 atom stereocenters. The summed E-state index contributed by atoms with van der Waals surface area (Å²) in [5, 5.41) is 10.8. The minimum Gasteiger partial charge on any atom is -0.258 e. The van der Waals surface area contributed by atoms with Gasteiger partial charge in [-0.3, -0.25) is 10.1 Å². The minimum absolute atomic E-state index is 0.186. The summed E-state index contributed by atoms with van der Waals surface area (Å²) >= 11 is 0.753. The maximum absolute atomic E-state index is 13.9. The smallest absolute Gasteiger partial charge is 0.258 e. The Morgan fingerprint density at radius 2 is 1.36 bits per heavy atom. The standard InChI is InChI=1S/C16H6F5NO2S/c17-12-11(13(18)15(20)16(21)14(12)19)10-5-4-9(25-10)7-2-1-3-8(6-7)22(23)24/h1-6H. The molecule has 0 radical (unpaired) electrons. The zero-order valence-corrected chi connectivity index (χ0v) is 12.8. The van der Waals surface area contributed by atoms with Crippen LogP contribution in [0.3, 0.4) is 0 Å². The van der Waals surface area contributed by atoms with Crippen LogP contribution in [0, 0.1) is 39.2 Å². The molecule has 0 unspecified atom stereocenters. The van der Waals surface area contributed by atoms with Gasteiger partial charge in [-0.2, -0.15) is 0 Å². The molecule has 1 heterocycles. The number of hydrogen-bond acceptors (Lipinski definition) is 3. The van der Waals surface area contributed by atoms with Crippen LogP contribution in [0.15, 0.2) is 36.4 Å². The number of rotatable bonds is 3. The molecule has 0 N–H and O–H groups in total. The lowest BCUT2D eigenvalue weighted by Gasteiger charge is -2.06. The molecule has 1 aromatic heterocycles. The van der Waals surface area contributed by atoms with Gasteiger partial charge in [-0.05, 0) is 17.7 Å². The van der Waals surface area contributed by atoms with Gasteiger partial charge in [0.25, 0.3) is 5.69 Å². The van der Waals surface area contributed by atoms with Gasteiger partial charge in [0.2, 0.25) is 5.82 Å². The lowest BCUT2D eigenvalue weighted by Crippen LogP contribution is -2.03. The van der Waals surface area contributed by atoms with E-state index in [-0.39, 0.29) is 10.6 Å². The minimum atomic E-state index is -2.23. The first-order valence-electron chi connectivity index (χ1n) is 6.67. The van der Waals surface area contributed by atoms with Crippen molar-refractivity contribution in [3.05, 3.63) is 75.6 Å². The molecule has 0 aliphatic carbocycles. The molecule has 0 saturated carbocycles. The molecule has 3 rings (SSSR count). The van der Waals surface area contributed by atoms with E-state index in [0.717, 1.165) is 11.3 Å². The Morgan fingerprint density at radius 1 is 0.800 bits per heavy atom. The highest BCUT2D eigenvalue weighted by Crippen LogP contribution is 2.39. The van der Waals surface area contributed by atoms with Gasteiger partial charge in [0.05, 0.1) is 10.5 Å². The normalized spacial score (nSPS) is 10.9. The number of benzene rings is 2. The molecule has 0 aliphatic heterocycles. The summed E-state index contributed by atoms with van der Waals surface area (Å²) in [5.41, 5.74) is -0.837. The van der Waals surface area contributed by atoms with Crippen molar-refractivity contribution >= 4 is 17.0 Å². The fraction of sp³-hybridized carbons (Fsp3) is 0. The predicted octanol–water partition coefficient (Wildman–Crippen LogP) is 5.69. The van der Waals surface area contributed by atoms with Gasteiger partial charge in [-0.1, -0.05) is 12.1 Å². The van der Waals surface area contributed by atoms with Gasteiger partial charge in [0.15, 0.2) is 23.3 Å². The van der Waals surface area contributed by atoms with E-state index in [0.29, 0.717) is 10.4 Å². The van der Waals surface area contributed by atoms with Crippen molar-refractivity contribution in [1.82, 2.24) is 0 Å². The van der Waals surface area contributed by atoms with Crippen molar-refractivity contribution in [1.29, 1.82) is 0 Å². The van der Waals surface area contributed by atoms with Crippen LogP contribution in [-0.4, -0.2) is 4.92 Å². The predicted molar refractivity (Wildman–Crippen MR) is 81.6 cm³/mol. The van der Waals surface area contributed by atoms with Crippen molar-refractivity contribution in [3.8, 4) is 20.9 Å². The highest BCUT2D eigenvalue weighted by Gasteiger charge is 2.27. The summed E-state index contributed by atoms with van der Waals surface area (Å²) < 4.78 is 67.5. The molecule has 0 spiro atoms. The molecule has 25 heavy (non-hydrogen) atoms. The lowest BCUT2D eigenvalue weighted by molar-refractivity contribution is -0.384. The van der Waals surface area contributed by atoms with E-state index < -0.39 is 39.6 Å². The number of thiophene rings is 1. The second-order valence-electron chi connectivity index (χ2n) is 4.92. The van der Waals surface area contributed by atoms with E-state index in [1.165, 1.54) is 36.4 Å². The van der Waals surface area contributed by atoms with E-state index in [4.69, 9.17) is 0 Å². The van der Waals surface area contributed by atoms with Crippen molar-refractivity contribution in [2.24, 2.45) is 0 Å². The van der Waals surface area contributed by atoms with Crippen LogP contribution < -0.4 is 0 Å². The highest BCUT2D eigenvalue weighted by atomic mass is 32.1. The van der Waals surface area contributed by atoms with Crippen LogP contribution in [0.25, 0.3) is 20.9 Å². The van der Waals surface area contributed by atoms with Gasteiger partial charge in [0.1, 0.15) is 0 Å². The fourth-order valence-electron chi connectivity index (χ4n) is 2.22. The van der Waals surface area contributed by atoms with Crippen molar-refractivity contribution in [2.45, 2.75) is 0 Å². The molecule has 0 aliphatic rings. The lowest BCUT2D eigenvalue weighted by atomic mass is 10.1. The molecular formula is C16H6F5NO2S. The van der Waals surface area contributed by atoms with Crippen LogP contribution >= 0.6 is 11.3 Å². The van der Waals surface area contributed by atoms with Crippen LogP contribution in [0.5, 0.6) is 0 Å². The summed E-state index contributed by atoms with van der Waals surface area (Å²) in [6, 6.07) is 8.04. The maximum Gasteiger partial charge on any atom is 0.270 e. The van der Waals surface area contributed by atoms with E-state index in [9.17, 15) is 32.1 Å². The van der Waals surface area contributed by atoms with Crippen molar-refractivity contribution < 1.29 is 26.9 Å². The molecule has 2 aromatic carbocycles. The summed E-state index contributed by atoms with van der Waals surface area (Å²) in [6.07, 6.45) is 0. The zero-order valence-electron chi connectivity index (χ0n) is 12.0. The second kappa shape index (κ2) is 6.25. The molecule has 0 saturated heterocycles. The third-order valence-corrected chi connectivity index (χ3v) is 4.56. The number of halogens is 5. The number of nitro benzene ring substituents is 1. The van der Waals surface area contributed by atoms with Gasteiger partial charge >= 0.3 is 0 Å². The number of hydrogen-bond donors (Lipinski definition) is 0. The molecule has 0 fully saturated rings. The van der Waals surface area contributed by atoms with Crippen LogP contribution in [0.4, 0.5) is 27.6 Å². The van der Waals surface area contributed by atoms with Crippen LogP contribution in [0.2, 0.25) is 0 Å². The molecule has 0 bridgehead atoms. The maximum atomic E-state index is 13.9. The Balaban J connectivity index is 2.12. The number of nitro groups is 1. The Bertz CT molecular complexity index is 973. The fourth-order valence-corrected chi connectivity index (χ4v) is 3.26. The van der Waals surface area contributed by atoms with Crippen molar-refractivity contribution in [2.75, 3.05) is 0 Å². The number of non-ortho nitro benzene ring substituents is 1. The largest absolute Gasteiger partial charge is 0.270 e. The molecule has 128 valence electrons. The topological polar surface area (TPSA) is 43.1 Å². The average molecular weight is 371 g/mol. The van der Waals surface area contributed by atoms with Crippen LogP contribution in [-0.2, 0) is 0 Å². The van der Waals surface area contributed by atoms with E-state index in [2.05, 4.69) is 0 Å². The van der Waals surface area contributed by atoms with Gasteiger partial charge in [-0.25, -0.2) is 22.0 Å². The van der Waals surface area contributed by atoms with Crippen LogP contribution in [0.1, 0.15) is 0 Å². The Morgan fingerprint density at radius 3 is 1.96 bits per heavy atom. The van der Waals surface area contributed by atoms with E-state index in [1.54, 1.807) is 0 Å². The monoisotopic (exact) mass is 371 g/mol. The Hall–Kier alpha value is -2.81. The first kappa shape index (κ1) is 17.0. The molecule has 3 aromatic rings. The van der Waals surface area contributed by atoms with Gasteiger partial charge in [0, 0.05) is 21.9 Å². The highest BCUT2D eigenvalue weighted by molar-refractivity contribution is 7.18. The molecule has 3 nitrogen and oxygen atoms in total. The molecular weight excluding hydrogens is 365 g/mol. The van der Waals surface area contributed by atoms with Gasteiger partial charge < -0.3 is 0 Å². The van der Waals surface area contributed by atoms with E-state index >= 15 is 0 Å². The second-order valence-corrected chi connectivity index (χ2v) is 6.00. The van der Waals surface area contributed by atoms with Crippen molar-refractivity contribution in [3.63, 3.8) is 0 Å². The molecule has 9 heteroatoms. The average Bonchev–Trinajstić information content (AvgIpc) is 3.08. The van der Waals surface area contributed by atoms with Gasteiger partial charge in [-0.15, -0.1) is 11.3 Å². The Kier molecular flexibility index (Phi) is 4.25. The SMILES string of the molecule is O=[N+]([O-])c1cccc(-c2ccc(-c3c(F)c(F)c(F)c(F)c3F)s2)c1. The first-order valence-corrected chi connectivity index (χ1v) is 7.49. The Labute approximate surface area is 141 Å². The summed E-state index contributed by atoms with van der Waals surface area (Å²) in [5.74, 6) is -10.1. The summed E-state index contributed by atoms with van der Waals surface area (Å²) in [7, 11) is 0. The summed E-state index contributed by atoms with van der Waals surface area (Å²) in [6.45, 7) is 0. The third kappa shape index (κ3) is 2.86. The quantitative estimate of drug-likeness (QED) is 0.195. The summed E-state index contributed by atoms with van der Waals surface area (Å²) in [4.78, 5) is 10.4. The first-order chi connectivity index (χ1) is 11.8. The third-order valence-electron chi connectivity index (χ3n) is 3.40.